The van der Waals surface area contributed by atoms with Gasteiger partial charge in [0.15, 0.2) is 12.6 Å². The van der Waals surface area contributed by atoms with Crippen LogP contribution >= 0.6 is 0 Å². The van der Waals surface area contributed by atoms with Gasteiger partial charge in [0.1, 0.15) is 12.2 Å². The molecule has 1 aromatic heterocycles. The largest absolute Gasteiger partial charge is 0.472 e. The Balaban J connectivity index is 1.64. The van der Waals surface area contributed by atoms with Crippen LogP contribution in [0, 0.1) is 0 Å². The quantitative estimate of drug-likeness (QED) is 0.821. The van der Waals surface area contributed by atoms with Crippen LogP contribution < -0.4 is 0 Å². The fraction of sp³-hybridized carbons (Fsp3) is 0.714. The lowest BCUT2D eigenvalue weighted by molar-refractivity contribution is -0.168. The van der Waals surface area contributed by atoms with Gasteiger partial charge in [-0.15, -0.1) is 0 Å². The van der Waals surface area contributed by atoms with Crippen molar-refractivity contribution in [1.29, 1.82) is 0 Å². The lowest BCUT2D eigenvalue weighted by atomic mass is 10.1. The molecule has 5 atom stereocenters. The molecule has 106 valence electrons. The molecule has 0 radical (unpaired) electrons. The molecule has 5 nitrogen and oxygen atoms in total. The summed E-state index contributed by atoms with van der Waals surface area (Å²) < 4.78 is 28.2. The molecule has 2 aliphatic rings. The van der Waals surface area contributed by atoms with E-state index in [1.54, 1.807) is 12.5 Å². The number of fused-ring (bicyclic) bond motifs is 1. The van der Waals surface area contributed by atoms with E-state index in [1.165, 1.54) is 0 Å². The maximum atomic E-state index is 5.98. The lowest BCUT2D eigenvalue weighted by Crippen LogP contribution is -2.35. The molecule has 0 N–H and O–H groups in total. The Bertz CT molecular complexity index is 391. The van der Waals surface area contributed by atoms with Crippen molar-refractivity contribution in [2.75, 3.05) is 0 Å². The second-order valence-electron chi connectivity index (χ2n) is 5.04. The molecule has 19 heavy (non-hydrogen) atoms. The molecule has 1 unspecified atom stereocenters. The minimum Gasteiger partial charge on any atom is -0.472 e. The predicted molar refractivity (Wildman–Crippen MR) is 66.3 cm³/mol. The van der Waals surface area contributed by atoms with E-state index >= 15 is 0 Å². The Hall–Kier alpha value is -0.880. The molecule has 0 aliphatic carbocycles. The van der Waals surface area contributed by atoms with Gasteiger partial charge in [-0.2, -0.15) is 0 Å². The molecule has 2 saturated heterocycles. The van der Waals surface area contributed by atoms with E-state index in [0.29, 0.717) is 6.61 Å². The topological polar surface area (TPSA) is 50.1 Å². The first-order valence-electron chi connectivity index (χ1n) is 6.87. The van der Waals surface area contributed by atoms with E-state index in [2.05, 4.69) is 6.92 Å². The molecule has 2 aliphatic heterocycles. The lowest BCUT2D eigenvalue weighted by Gasteiger charge is -2.22. The van der Waals surface area contributed by atoms with Crippen LogP contribution in [0.4, 0.5) is 0 Å². The monoisotopic (exact) mass is 268 g/mol. The maximum Gasteiger partial charge on any atom is 0.189 e. The highest BCUT2D eigenvalue weighted by molar-refractivity contribution is 5.04. The van der Waals surface area contributed by atoms with Crippen LogP contribution in [0.1, 0.15) is 32.3 Å². The minimum absolute atomic E-state index is 0.0411. The van der Waals surface area contributed by atoms with E-state index in [-0.39, 0.29) is 30.9 Å². The zero-order chi connectivity index (χ0) is 13.2. The van der Waals surface area contributed by atoms with Gasteiger partial charge >= 0.3 is 0 Å². The summed E-state index contributed by atoms with van der Waals surface area (Å²) in [6, 6.07) is 1.90. The van der Waals surface area contributed by atoms with Gasteiger partial charge in [0.05, 0.1) is 25.2 Å². The summed E-state index contributed by atoms with van der Waals surface area (Å²) >= 11 is 0. The SMILES string of the molecule is CCC[C@H]1O[C@@H]2OC(C)O[C@@H]2[C@H]1OCc1ccoc1. The Labute approximate surface area is 112 Å². The van der Waals surface area contributed by atoms with Crippen LogP contribution in [-0.2, 0) is 25.6 Å². The summed E-state index contributed by atoms with van der Waals surface area (Å²) in [5.41, 5.74) is 1.02. The number of rotatable bonds is 5. The first-order valence-corrected chi connectivity index (χ1v) is 6.87. The minimum atomic E-state index is -0.291. The predicted octanol–water partition coefficient (Wildman–Crippen LogP) is 2.45. The van der Waals surface area contributed by atoms with Crippen LogP contribution in [0.25, 0.3) is 0 Å². The molecule has 0 saturated carbocycles. The summed E-state index contributed by atoms with van der Waals surface area (Å²) in [7, 11) is 0. The summed E-state index contributed by atoms with van der Waals surface area (Å²) in [5, 5.41) is 0. The third-order valence-corrected chi connectivity index (χ3v) is 3.54. The molecule has 0 bridgehead atoms. The molecular weight excluding hydrogens is 248 g/mol. The highest BCUT2D eigenvalue weighted by atomic mass is 16.8. The first-order chi connectivity index (χ1) is 9.28. The Morgan fingerprint density at radius 3 is 2.89 bits per heavy atom. The molecule has 0 amide bonds. The van der Waals surface area contributed by atoms with Crippen molar-refractivity contribution in [2.45, 2.75) is 64.2 Å². The van der Waals surface area contributed by atoms with Crippen LogP contribution in [0.15, 0.2) is 23.0 Å². The van der Waals surface area contributed by atoms with Crippen LogP contribution in [0.2, 0.25) is 0 Å². The third-order valence-electron chi connectivity index (χ3n) is 3.54. The van der Waals surface area contributed by atoms with E-state index in [4.69, 9.17) is 23.4 Å². The normalized spacial score (nSPS) is 37.7. The first kappa shape index (κ1) is 13.1. The molecule has 1 aromatic rings. The molecule has 0 spiro atoms. The van der Waals surface area contributed by atoms with Gasteiger partial charge < -0.3 is 23.4 Å². The average Bonchev–Trinajstić information content (AvgIpc) is 3.04. The Kier molecular flexibility index (Phi) is 3.88. The second-order valence-corrected chi connectivity index (χ2v) is 5.04. The van der Waals surface area contributed by atoms with Gasteiger partial charge in [-0.3, -0.25) is 0 Å². The highest BCUT2D eigenvalue weighted by Crippen LogP contribution is 2.36. The summed E-state index contributed by atoms with van der Waals surface area (Å²) in [5.74, 6) is 0. The van der Waals surface area contributed by atoms with Crippen molar-refractivity contribution in [2.24, 2.45) is 0 Å². The number of furan rings is 1. The van der Waals surface area contributed by atoms with Gasteiger partial charge in [-0.25, -0.2) is 0 Å². The molecule has 5 heteroatoms. The molecule has 0 aromatic carbocycles. The van der Waals surface area contributed by atoms with E-state index in [0.717, 1.165) is 18.4 Å². The number of hydrogen-bond donors (Lipinski definition) is 0. The van der Waals surface area contributed by atoms with Gasteiger partial charge in [-0.05, 0) is 19.4 Å². The second kappa shape index (κ2) is 5.63. The van der Waals surface area contributed by atoms with Crippen molar-refractivity contribution in [3.8, 4) is 0 Å². The summed E-state index contributed by atoms with van der Waals surface area (Å²) in [4.78, 5) is 0. The zero-order valence-corrected chi connectivity index (χ0v) is 11.3. The Morgan fingerprint density at radius 2 is 2.16 bits per heavy atom. The highest BCUT2D eigenvalue weighted by Gasteiger charge is 2.51. The van der Waals surface area contributed by atoms with Crippen molar-refractivity contribution < 1.29 is 23.4 Å². The standard InChI is InChI=1S/C14H20O5/c1-3-4-11-12(16-8-10-5-6-15-7-10)13-14(19-11)18-9(2)17-13/h5-7,9,11-14H,3-4,8H2,1-2H3/t9?,11-,12+,13-,14+/m1/s1. The average molecular weight is 268 g/mol. The fourth-order valence-electron chi connectivity index (χ4n) is 2.67. The molecule has 3 rings (SSSR count). The fourth-order valence-corrected chi connectivity index (χ4v) is 2.67. The van der Waals surface area contributed by atoms with Gasteiger partial charge in [0, 0.05) is 5.56 Å². The van der Waals surface area contributed by atoms with Crippen molar-refractivity contribution >= 4 is 0 Å². The molecular formula is C14H20O5. The van der Waals surface area contributed by atoms with Gasteiger partial charge in [0.25, 0.3) is 0 Å². The molecule has 2 fully saturated rings. The van der Waals surface area contributed by atoms with Crippen molar-refractivity contribution in [3.05, 3.63) is 24.2 Å². The zero-order valence-electron chi connectivity index (χ0n) is 11.3. The van der Waals surface area contributed by atoms with Gasteiger partial charge in [-0.1, -0.05) is 13.3 Å². The van der Waals surface area contributed by atoms with Crippen LogP contribution in [0.3, 0.4) is 0 Å². The third kappa shape index (κ3) is 2.69. The number of ether oxygens (including phenoxy) is 4. The van der Waals surface area contributed by atoms with Crippen molar-refractivity contribution in [1.82, 2.24) is 0 Å². The van der Waals surface area contributed by atoms with E-state index < -0.39 is 0 Å². The summed E-state index contributed by atoms with van der Waals surface area (Å²) in [6.45, 7) is 4.52. The van der Waals surface area contributed by atoms with E-state index in [9.17, 15) is 0 Å². The van der Waals surface area contributed by atoms with Crippen LogP contribution in [0.5, 0.6) is 0 Å². The van der Waals surface area contributed by atoms with Gasteiger partial charge in [0.2, 0.25) is 0 Å². The van der Waals surface area contributed by atoms with E-state index in [1.807, 2.05) is 13.0 Å². The number of hydrogen-bond acceptors (Lipinski definition) is 5. The molecule has 3 heterocycles. The smallest absolute Gasteiger partial charge is 0.189 e. The summed E-state index contributed by atoms with van der Waals surface area (Å²) in [6.07, 6.45) is 4.65. The maximum absolute atomic E-state index is 5.98. The van der Waals surface area contributed by atoms with Crippen molar-refractivity contribution in [3.63, 3.8) is 0 Å². The Morgan fingerprint density at radius 1 is 1.26 bits per heavy atom. The van der Waals surface area contributed by atoms with Crippen LogP contribution in [-0.4, -0.2) is 30.9 Å².